The summed E-state index contributed by atoms with van der Waals surface area (Å²) < 4.78 is 1.21. The minimum atomic E-state index is 0.481. The molecule has 1 atom stereocenters. The first-order chi connectivity index (χ1) is 7.11. The SMILES string of the molecule is CC1(CBr)CCN(Cc2cc(Br)cs2)C1. The molecule has 4 heteroatoms. The molecule has 0 aromatic carbocycles. The zero-order valence-electron chi connectivity index (χ0n) is 8.80. The lowest BCUT2D eigenvalue weighted by molar-refractivity contribution is 0.290. The van der Waals surface area contributed by atoms with Crippen molar-refractivity contribution in [1.29, 1.82) is 0 Å². The molecule has 15 heavy (non-hydrogen) atoms. The van der Waals surface area contributed by atoms with E-state index in [1.807, 2.05) is 11.3 Å². The van der Waals surface area contributed by atoms with Gasteiger partial charge in [0, 0.05) is 33.1 Å². The number of hydrogen-bond acceptors (Lipinski definition) is 2. The molecule has 1 aliphatic heterocycles. The lowest BCUT2D eigenvalue weighted by Gasteiger charge is -2.21. The Morgan fingerprint density at radius 3 is 2.93 bits per heavy atom. The predicted molar refractivity (Wildman–Crippen MR) is 73.8 cm³/mol. The van der Waals surface area contributed by atoms with Gasteiger partial charge in [-0.05, 0) is 40.4 Å². The fourth-order valence-electron chi connectivity index (χ4n) is 2.03. The highest BCUT2D eigenvalue weighted by molar-refractivity contribution is 9.10. The van der Waals surface area contributed by atoms with Gasteiger partial charge in [-0.15, -0.1) is 11.3 Å². The van der Waals surface area contributed by atoms with Gasteiger partial charge in [-0.1, -0.05) is 22.9 Å². The molecule has 1 saturated heterocycles. The van der Waals surface area contributed by atoms with Gasteiger partial charge in [0.15, 0.2) is 0 Å². The first kappa shape index (κ1) is 12.1. The molecule has 0 aliphatic carbocycles. The van der Waals surface area contributed by atoms with E-state index >= 15 is 0 Å². The van der Waals surface area contributed by atoms with Crippen LogP contribution >= 0.6 is 43.2 Å². The molecule has 1 fully saturated rings. The van der Waals surface area contributed by atoms with Crippen LogP contribution in [-0.4, -0.2) is 23.3 Å². The molecular formula is C11H15Br2NS. The van der Waals surface area contributed by atoms with E-state index in [4.69, 9.17) is 0 Å². The predicted octanol–water partition coefficient (Wildman–Crippen LogP) is 4.12. The van der Waals surface area contributed by atoms with E-state index in [-0.39, 0.29) is 0 Å². The topological polar surface area (TPSA) is 3.24 Å². The van der Waals surface area contributed by atoms with Crippen molar-refractivity contribution in [3.05, 3.63) is 20.8 Å². The van der Waals surface area contributed by atoms with E-state index in [0.717, 1.165) is 11.9 Å². The average Bonchev–Trinajstić information content (AvgIpc) is 2.76. The Hall–Kier alpha value is 0.620. The van der Waals surface area contributed by atoms with Gasteiger partial charge in [0.1, 0.15) is 0 Å². The van der Waals surface area contributed by atoms with Crippen LogP contribution in [0.2, 0.25) is 0 Å². The Bertz CT molecular complexity index is 339. The maximum absolute atomic E-state index is 3.62. The highest BCUT2D eigenvalue weighted by Gasteiger charge is 2.32. The van der Waals surface area contributed by atoms with Crippen LogP contribution in [0.4, 0.5) is 0 Å². The zero-order chi connectivity index (χ0) is 10.9. The van der Waals surface area contributed by atoms with Crippen LogP contribution in [0, 0.1) is 5.41 Å². The van der Waals surface area contributed by atoms with Gasteiger partial charge >= 0.3 is 0 Å². The number of alkyl halides is 1. The van der Waals surface area contributed by atoms with E-state index in [1.165, 1.54) is 28.9 Å². The lowest BCUT2D eigenvalue weighted by atomic mass is 9.93. The van der Waals surface area contributed by atoms with E-state index in [0.29, 0.717) is 5.41 Å². The third-order valence-electron chi connectivity index (χ3n) is 2.96. The minimum absolute atomic E-state index is 0.481. The third-order valence-corrected chi connectivity index (χ3v) is 6.00. The van der Waals surface area contributed by atoms with Crippen molar-refractivity contribution >= 4 is 43.2 Å². The molecule has 84 valence electrons. The van der Waals surface area contributed by atoms with Crippen LogP contribution in [0.1, 0.15) is 18.2 Å². The van der Waals surface area contributed by atoms with Crippen molar-refractivity contribution in [2.45, 2.75) is 19.9 Å². The van der Waals surface area contributed by atoms with Gasteiger partial charge in [-0.25, -0.2) is 0 Å². The second kappa shape index (κ2) is 4.86. The van der Waals surface area contributed by atoms with Gasteiger partial charge < -0.3 is 0 Å². The normalized spacial score (nSPS) is 27.4. The largest absolute Gasteiger partial charge is 0.298 e. The quantitative estimate of drug-likeness (QED) is 0.739. The summed E-state index contributed by atoms with van der Waals surface area (Å²) in [4.78, 5) is 4.01. The van der Waals surface area contributed by atoms with Crippen molar-refractivity contribution in [1.82, 2.24) is 4.90 Å². The monoisotopic (exact) mass is 351 g/mol. The van der Waals surface area contributed by atoms with E-state index in [9.17, 15) is 0 Å². The van der Waals surface area contributed by atoms with Crippen molar-refractivity contribution in [2.24, 2.45) is 5.41 Å². The fraction of sp³-hybridized carbons (Fsp3) is 0.636. The maximum Gasteiger partial charge on any atom is 0.0328 e. The molecule has 1 aromatic rings. The molecule has 0 bridgehead atoms. The Balaban J connectivity index is 1.92. The second-order valence-electron chi connectivity index (χ2n) is 4.64. The summed E-state index contributed by atoms with van der Waals surface area (Å²) >= 11 is 8.96. The summed E-state index contributed by atoms with van der Waals surface area (Å²) in [6.07, 6.45) is 1.31. The van der Waals surface area contributed by atoms with Gasteiger partial charge in [0.05, 0.1) is 0 Å². The van der Waals surface area contributed by atoms with E-state index in [1.54, 1.807) is 0 Å². The highest BCUT2D eigenvalue weighted by atomic mass is 79.9. The number of rotatable bonds is 3. The van der Waals surface area contributed by atoms with Gasteiger partial charge in [0.2, 0.25) is 0 Å². The summed E-state index contributed by atoms with van der Waals surface area (Å²) in [6.45, 7) is 5.93. The molecule has 1 unspecified atom stereocenters. The first-order valence-corrected chi connectivity index (χ1v) is 7.92. The van der Waals surface area contributed by atoms with Crippen molar-refractivity contribution in [2.75, 3.05) is 18.4 Å². The van der Waals surface area contributed by atoms with Crippen LogP contribution in [-0.2, 0) is 6.54 Å². The van der Waals surface area contributed by atoms with E-state index in [2.05, 4.69) is 55.1 Å². The maximum atomic E-state index is 3.62. The van der Waals surface area contributed by atoms with Crippen LogP contribution < -0.4 is 0 Å². The molecule has 2 rings (SSSR count). The summed E-state index contributed by atoms with van der Waals surface area (Å²) in [6, 6.07) is 2.23. The third kappa shape index (κ3) is 3.05. The van der Waals surface area contributed by atoms with Crippen molar-refractivity contribution < 1.29 is 0 Å². The molecule has 1 aromatic heterocycles. The summed E-state index contributed by atoms with van der Waals surface area (Å²) in [5.74, 6) is 0. The van der Waals surface area contributed by atoms with Crippen molar-refractivity contribution in [3.8, 4) is 0 Å². The molecule has 0 spiro atoms. The first-order valence-electron chi connectivity index (χ1n) is 5.12. The number of thiophene rings is 1. The number of halogens is 2. The number of hydrogen-bond donors (Lipinski definition) is 0. The van der Waals surface area contributed by atoms with Gasteiger partial charge in [0.25, 0.3) is 0 Å². The molecule has 0 amide bonds. The molecular weight excluding hydrogens is 338 g/mol. The van der Waals surface area contributed by atoms with Crippen LogP contribution in [0.25, 0.3) is 0 Å². The Kier molecular flexibility index (Phi) is 3.92. The number of nitrogens with zero attached hydrogens (tertiary/aromatic N) is 1. The van der Waals surface area contributed by atoms with Crippen molar-refractivity contribution in [3.63, 3.8) is 0 Å². The summed E-state index contributed by atoms with van der Waals surface area (Å²) in [5.41, 5.74) is 0.481. The summed E-state index contributed by atoms with van der Waals surface area (Å²) in [7, 11) is 0. The Morgan fingerprint density at radius 2 is 2.40 bits per heavy atom. The standard InChI is InChI=1S/C11H15Br2NS/c1-11(7-12)2-3-14(8-11)5-10-4-9(13)6-15-10/h4,6H,2-3,5,7-8H2,1H3. The van der Waals surface area contributed by atoms with Gasteiger partial charge in [-0.2, -0.15) is 0 Å². The lowest BCUT2D eigenvalue weighted by Crippen LogP contribution is -2.25. The molecule has 1 nitrogen and oxygen atoms in total. The zero-order valence-corrected chi connectivity index (χ0v) is 12.8. The molecule has 0 radical (unpaired) electrons. The summed E-state index contributed by atoms with van der Waals surface area (Å²) in [5, 5.41) is 3.28. The molecule has 1 aliphatic rings. The Labute approximate surface area is 112 Å². The highest BCUT2D eigenvalue weighted by Crippen LogP contribution is 2.33. The Morgan fingerprint density at radius 1 is 1.60 bits per heavy atom. The number of likely N-dealkylation sites (tertiary alicyclic amines) is 1. The minimum Gasteiger partial charge on any atom is -0.298 e. The molecule has 0 N–H and O–H groups in total. The fourth-order valence-corrected chi connectivity index (χ4v) is 3.98. The van der Waals surface area contributed by atoms with Crippen LogP contribution in [0.5, 0.6) is 0 Å². The second-order valence-corrected chi connectivity index (χ2v) is 7.11. The van der Waals surface area contributed by atoms with Gasteiger partial charge in [-0.3, -0.25) is 4.90 Å². The smallest absolute Gasteiger partial charge is 0.0328 e. The molecule has 0 saturated carbocycles. The average molecular weight is 353 g/mol. The van der Waals surface area contributed by atoms with Crippen LogP contribution in [0.15, 0.2) is 15.9 Å². The van der Waals surface area contributed by atoms with E-state index < -0.39 is 0 Å². The molecule has 2 heterocycles. The van der Waals surface area contributed by atoms with Crippen LogP contribution in [0.3, 0.4) is 0 Å².